The first-order valence-electron chi connectivity index (χ1n) is 9.90. The molecule has 1 aromatic carbocycles. The summed E-state index contributed by atoms with van der Waals surface area (Å²) < 4.78 is 16.6. The lowest BCUT2D eigenvalue weighted by molar-refractivity contribution is -0.139. The summed E-state index contributed by atoms with van der Waals surface area (Å²) in [5.41, 5.74) is 8.09. The Labute approximate surface area is 172 Å². The summed E-state index contributed by atoms with van der Waals surface area (Å²) in [5, 5.41) is 9.76. The average molecular weight is 399 g/mol. The summed E-state index contributed by atoms with van der Waals surface area (Å²) in [6, 6.07) is 7.88. The van der Waals surface area contributed by atoms with Gasteiger partial charge in [0.15, 0.2) is 0 Å². The van der Waals surface area contributed by atoms with Crippen LogP contribution in [0.15, 0.2) is 41.0 Å². The molecule has 1 unspecified atom stereocenters. The summed E-state index contributed by atoms with van der Waals surface area (Å²) in [6.45, 7) is 11.8. The Morgan fingerprint density at radius 1 is 1.24 bits per heavy atom. The fraction of sp³-hybridized carbons (Fsp3) is 0.455. The smallest absolute Gasteiger partial charge is 0.338 e. The highest BCUT2D eigenvalue weighted by Crippen LogP contribution is 2.44. The number of nitrogens with zero attached hydrogens (tertiary/aromatic N) is 2. The maximum atomic E-state index is 12.7. The molecule has 0 saturated heterocycles. The molecule has 29 heavy (non-hydrogen) atoms. The summed E-state index contributed by atoms with van der Waals surface area (Å²) in [5.74, 6) is -0.358. The number of carbonyl (C=O) groups is 1. The van der Waals surface area contributed by atoms with Gasteiger partial charge in [-0.15, -0.1) is 0 Å². The van der Waals surface area contributed by atoms with Crippen molar-refractivity contribution in [2.45, 2.75) is 40.5 Å². The number of hydrogen-bond acceptors (Lipinski definition) is 7. The van der Waals surface area contributed by atoms with Gasteiger partial charge < -0.3 is 24.8 Å². The first-order valence-corrected chi connectivity index (χ1v) is 9.90. The fourth-order valence-corrected chi connectivity index (χ4v) is 3.49. The van der Waals surface area contributed by atoms with Crippen LogP contribution in [-0.4, -0.2) is 32.3 Å². The molecule has 2 N–H and O–H groups in total. The van der Waals surface area contributed by atoms with Gasteiger partial charge in [0.2, 0.25) is 5.88 Å². The van der Waals surface area contributed by atoms with E-state index in [4.69, 9.17) is 19.9 Å². The van der Waals surface area contributed by atoms with Crippen molar-refractivity contribution >= 4 is 11.7 Å². The molecule has 1 aliphatic heterocycles. The Morgan fingerprint density at radius 3 is 2.48 bits per heavy atom. The summed E-state index contributed by atoms with van der Waals surface area (Å²) in [6.07, 6.45) is 0. The van der Waals surface area contributed by atoms with Gasteiger partial charge in [-0.2, -0.15) is 5.26 Å². The third kappa shape index (κ3) is 4.48. The van der Waals surface area contributed by atoms with Gasteiger partial charge in [-0.25, -0.2) is 4.79 Å². The zero-order valence-electron chi connectivity index (χ0n) is 17.7. The molecule has 7 heteroatoms. The molecule has 0 saturated carbocycles. The molecule has 0 bridgehead atoms. The van der Waals surface area contributed by atoms with E-state index in [1.807, 2.05) is 25.1 Å². The van der Waals surface area contributed by atoms with Crippen molar-refractivity contribution < 1.29 is 19.0 Å². The first kappa shape index (κ1) is 22.2. The van der Waals surface area contributed by atoms with E-state index < -0.39 is 11.9 Å². The molecular formula is C22H29N3O4. The van der Waals surface area contributed by atoms with Crippen LogP contribution < -0.4 is 15.4 Å². The van der Waals surface area contributed by atoms with Crippen LogP contribution in [0.25, 0.3) is 0 Å². The molecule has 0 radical (unpaired) electrons. The zero-order valence-corrected chi connectivity index (χ0v) is 17.7. The van der Waals surface area contributed by atoms with Crippen LogP contribution in [0.5, 0.6) is 5.75 Å². The highest BCUT2D eigenvalue weighted by atomic mass is 16.5. The molecule has 7 nitrogen and oxygen atoms in total. The standard InChI is InChI=1S/C22H29N3O4/c1-6-25(7-2)15-10-11-16(18(12-15)27-8-3)20-17(13-23)21(24)29-14(5)19(20)22(26)28-9-4/h10-12,20H,6-9,24H2,1-5H3. The summed E-state index contributed by atoms with van der Waals surface area (Å²) in [4.78, 5) is 14.9. The molecule has 0 aromatic heterocycles. The highest BCUT2D eigenvalue weighted by molar-refractivity contribution is 5.93. The second-order valence-electron chi connectivity index (χ2n) is 6.44. The molecule has 1 aliphatic rings. The van der Waals surface area contributed by atoms with E-state index in [1.165, 1.54) is 0 Å². The van der Waals surface area contributed by atoms with Gasteiger partial charge in [-0.3, -0.25) is 0 Å². The molecule has 156 valence electrons. The topological polar surface area (TPSA) is 97.8 Å². The monoisotopic (exact) mass is 399 g/mol. The Morgan fingerprint density at radius 2 is 1.93 bits per heavy atom. The number of rotatable bonds is 8. The molecular weight excluding hydrogens is 370 g/mol. The van der Waals surface area contributed by atoms with Gasteiger partial charge in [-0.1, -0.05) is 6.07 Å². The number of benzene rings is 1. The predicted octanol–water partition coefficient (Wildman–Crippen LogP) is 3.58. The summed E-state index contributed by atoms with van der Waals surface area (Å²) in [7, 11) is 0. The van der Waals surface area contributed by atoms with E-state index in [2.05, 4.69) is 24.8 Å². The third-order valence-electron chi connectivity index (χ3n) is 4.84. The van der Waals surface area contributed by atoms with Crippen molar-refractivity contribution in [1.29, 1.82) is 5.26 Å². The number of nitriles is 1. The van der Waals surface area contributed by atoms with Crippen molar-refractivity contribution in [2.24, 2.45) is 5.73 Å². The molecule has 1 heterocycles. The Kier molecular flexibility index (Phi) is 7.54. The van der Waals surface area contributed by atoms with E-state index in [1.54, 1.807) is 13.8 Å². The largest absolute Gasteiger partial charge is 0.493 e. The van der Waals surface area contributed by atoms with Crippen molar-refractivity contribution in [1.82, 2.24) is 0 Å². The number of allylic oxidation sites excluding steroid dienone is 2. The summed E-state index contributed by atoms with van der Waals surface area (Å²) >= 11 is 0. The Balaban J connectivity index is 2.69. The van der Waals surface area contributed by atoms with Crippen LogP contribution in [-0.2, 0) is 14.3 Å². The molecule has 0 spiro atoms. The highest BCUT2D eigenvalue weighted by Gasteiger charge is 2.38. The third-order valence-corrected chi connectivity index (χ3v) is 4.84. The van der Waals surface area contributed by atoms with Crippen LogP contribution in [0.3, 0.4) is 0 Å². The quantitative estimate of drug-likeness (QED) is 0.667. The lowest BCUT2D eigenvalue weighted by Crippen LogP contribution is -2.26. The van der Waals surface area contributed by atoms with Crippen molar-refractivity contribution in [3.8, 4) is 11.8 Å². The van der Waals surface area contributed by atoms with Gasteiger partial charge in [0.25, 0.3) is 0 Å². The van der Waals surface area contributed by atoms with Crippen molar-refractivity contribution in [3.63, 3.8) is 0 Å². The average Bonchev–Trinajstić information content (AvgIpc) is 2.69. The maximum Gasteiger partial charge on any atom is 0.338 e. The second kappa shape index (κ2) is 9.87. The predicted molar refractivity (Wildman–Crippen MR) is 111 cm³/mol. The van der Waals surface area contributed by atoms with Crippen molar-refractivity contribution in [2.75, 3.05) is 31.2 Å². The van der Waals surface area contributed by atoms with E-state index in [0.717, 1.165) is 18.8 Å². The van der Waals surface area contributed by atoms with Gasteiger partial charge in [0.1, 0.15) is 23.2 Å². The number of carbonyl (C=O) groups excluding carboxylic acids is 1. The minimum absolute atomic E-state index is 0.0154. The molecule has 0 amide bonds. The van der Waals surface area contributed by atoms with Crippen LogP contribution in [0, 0.1) is 11.3 Å². The van der Waals surface area contributed by atoms with Crippen LogP contribution in [0.1, 0.15) is 46.1 Å². The maximum absolute atomic E-state index is 12.7. The lowest BCUT2D eigenvalue weighted by Gasteiger charge is -2.29. The number of hydrogen-bond donors (Lipinski definition) is 1. The minimum Gasteiger partial charge on any atom is -0.493 e. The minimum atomic E-state index is -0.722. The Bertz CT molecular complexity index is 863. The zero-order chi connectivity index (χ0) is 21.6. The van der Waals surface area contributed by atoms with E-state index >= 15 is 0 Å². The van der Waals surface area contributed by atoms with Gasteiger partial charge in [0, 0.05) is 30.4 Å². The first-order chi connectivity index (χ1) is 13.9. The van der Waals surface area contributed by atoms with E-state index in [9.17, 15) is 10.1 Å². The SMILES string of the molecule is CCOC(=O)C1=C(C)OC(N)=C(C#N)C1c1ccc(N(CC)CC)cc1OCC. The lowest BCUT2D eigenvalue weighted by atomic mass is 9.82. The Hall–Kier alpha value is -3.14. The molecule has 0 fully saturated rings. The number of nitrogens with two attached hydrogens (primary N) is 1. The molecule has 2 rings (SSSR count). The number of ether oxygens (including phenoxy) is 3. The number of esters is 1. The molecule has 1 aromatic rings. The van der Waals surface area contributed by atoms with E-state index in [0.29, 0.717) is 23.7 Å². The fourth-order valence-electron chi connectivity index (χ4n) is 3.49. The van der Waals surface area contributed by atoms with Gasteiger partial charge >= 0.3 is 5.97 Å². The van der Waals surface area contributed by atoms with Gasteiger partial charge in [0.05, 0.1) is 24.7 Å². The van der Waals surface area contributed by atoms with Crippen molar-refractivity contribution in [3.05, 3.63) is 46.6 Å². The normalized spacial score (nSPS) is 16.2. The van der Waals surface area contributed by atoms with Gasteiger partial charge in [-0.05, 0) is 40.7 Å². The van der Waals surface area contributed by atoms with Crippen LogP contribution in [0.2, 0.25) is 0 Å². The second-order valence-corrected chi connectivity index (χ2v) is 6.44. The molecule has 0 aliphatic carbocycles. The van der Waals surface area contributed by atoms with E-state index in [-0.39, 0.29) is 23.6 Å². The van der Waals surface area contributed by atoms with Crippen LogP contribution in [0.4, 0.5) is 5.69 Å². The van der Waals surface area contributed by atoms with Crippen LogP contribution >= 0.6 is 0 Å². The number of anilines is 1. The molecule has 1 atom stereocenters.